The Morgan fingerprint density at radius 1 is 1.13 bits per heavy atom. The van der Waals surface area contributed by atoms with E-state index in [4.69, 9.17) is 4.74 Å². The molecule has 0 aliphatic carbocycles. The van der Waals surface area contributed by atoms with E-state index >= 15 is 0 Å². The highest BCUT2D eigenvalue weighted by atomic mass is 19.3. The SMILES string of the molecule is Cc1cc(NC(=O)NCc2ccc(CNC(=O)OC(C)(C)C)cc2F)cnc1C(F)F. The summed E-state index contributed by atoms with van der Waals surface area (Å²) in [5.41, 5.74) is 0.258. The number of halogens is 3. The third-order valence-corrected chi connectivity index (χ3v) is 3.98. The highest BCUT2D eigenvalue weighted by molar-refractivity contribution is 5.89. The molecule has 1 aromatic heterocycles. The zero-order valence-corrected chi connectivity index (χ0v) is 17.7. The maximum atomic E-state index is 14.3. The van der Waals surface area contributed by atoms with Crippen LogP contribution in [0.4, 0.5) is 28.4 Å². The number of anilines is 1. The van der Waals surface area contributed by atoms with Crippen molar-refractivity contribution in [3.8, 4) is 0 Å². The van der Waals surface area contributed by atoms with E-state index in [1.807, 2.05) is 0 Å². The molecule has 0 radical (unpaired) electrons. The summed E-state index contributed by atoms with van der Waals surface area (Å²) in [5.74, 6) is -0.553. The molecule has 0 saturated heterocycles. The summed E-state index contributed by atoms with van der Waals surface area (Å²) in [5, 5.41) is 7.48. The number of hydrogen-bond donors (Lipinski definition) is 3. The standard InChI is InChI=1S/C21H25F3N4O3/c1-12-7-15(11-25-17(12)18(23)24)28-19(29)26-10-14-6-5-13(8-16(14)22)9-27-20(30)31-21(2,3)4/h5-8,11,18H,9-10H2,1-4H3,(H,27,30)(H2,26,28,29). The number of rotatable bonds is 6. The minimum absolute atomic E-state index is 0.0843. The lowest BCUT2D eigenvalue weighted by Gasteiger charge is -2.19. The molecule has 3 amide bonds. The lowest BCUT2D eigenvalue weighted by Crippen LogP contribution is -2.32. The van der Waals surface area contributed by atoms with Crippen molar-refractivity contribution in [1.29, 1.82) is 0 Å². The van der Waals surface area contributed by atoms with E-state index in [1.165, 1.54) is 25.1 Å². The summed E-state index contributed by atoms with van der Waals surface area (Å²) in [6.07, 6.45) is -2.18. The molecule has 0 unspecified atom stereocenters. The summed E-state index contributed by atoms with van der Waals surface area (Å²) < 4.78 is 44.9. The van der Waals surface area contributed by atoms with E-state index in [0.717, 1.165) is 6.20 Å². The van der Waals surface area contributed by atoms with E-state index in [2.05, 4.69) is 20.9 Å². The molecule has 7 nitrogen and oxygen atoms in total. The van der Waals surface area contributed by atoms with Crippen molar-refractivity contribution in [2.45, 2.75) is 52.8 Å². The van der Waals surface area contributed by atoms with Gasteiger partial charge in [-0.3, -0.25) is 4.98 Å². The van der Waals surface area contributed by atoms with Crippen LogP contribution in [0.2, 0.25) is 0 Å². The van der Waals surface area contributed by atoms with Gasteiger partial charge in [-0.15, -0.1) is 0 Å². The van der Waals surface area contributed by atoms with E-state index in [0.29, 0.717) is 5.56 Å². The number of aromatic nitrogens is 1. The van der Waals surface area contributed by atoms with Crippen molar-refractivity contribution in [2.75, 3.05) is 5.32 Å². The molecule has 1 aromatic carbocycles. The third-order valence-electron chi connectivity index (χ3n) is 3.98. The number of amides is 3. The Labute approximate surface area is 178 Å². The van der Waals surface area contributed by atoms with Crippen LogP contribution in [-0.4, -0.2) is 22.7 Å². The van der Waals surface area contributed by atoms with Gasteiger partial charge in [-0.2, -0.15) is 0 Å². The first-order chi connectivity index (χ1) is 14.4. The number of benzene rings is 1. The van der Waals surface area contributed by atoms with Crippen LogP contribution in [0.15, 0.2) is 30.5 Å². The second-order valence-corrected chi connectivity index (χ2v) is 7.82. The van der Waals surface area contributed by atoms with Crippen LogP contribution in [0.3, 0.4) is 0 Å². The highest BCUT2D eigenvalue weighted by Crippen LogP contribution is 2.22. The quantitative estimate of drug-likeness (QED) is 0.603. The summed E-state index contributed by atoms with van der Waals surface area (Å²) in [4.78, 5) is 27.3. The number of nitrogens with zero attached hydrogens (tertiary/aromatic N) is 1. The predicted octanol–water partition coefficient (Wildman–Crippen LogP) is 4.81. The summed E-state index contributed by atoms with van der Waals surface area (Å²) >= 11 is 0. The molecular weight excluding hydrogens is 413 g/mol. The van der Waals surface area contributed by atoms with Gasteiger partial charge in [0.2, 0.25) is 0 Å². The Balaban J connectivity index is 1.87. The van der Waals surface area contributed by atoms with Crippen LogP contribution in [0, 0.1) is 12.7 Å². The summed E-state index contributed by atoms with van der Waals surface area (Å²) in [6, 6.07) is 5.10. The Morgan fingerprint density at radius 3 is 2.42 bits per heavy atom. The fraction of sp³-hybridized carbons (Fsp3) is 0.381. The second kappa shape index (κ2) is 10.1. The number of aryl methyl sites for hydroxylation is 1. The van der Waals surface area contributed by atoms with Crippen LogP contribution in [0.25, 0.3) is 0 Å². The molecule has 0 fully saturated rings. The Hall–Kier alpha value is -3.30. The Morgan fingerprint density at radius 2 is 1.84 bits per heavy atom. The number of pyridine rings is 1. The van der Waals surface area contributed by atoms with Crippen LogP contribution in [0.5, 0.6) is 0 Å². The van der Waals surface area contributed by atoms with Crippen molar-refractivity contribution >= 4 is 17.8 Å². The van der Waals surface area contributed by atoms with Crippen LogP contribution in [0.1, 0.15) is 49.6 Å². The van der Waals surface area contributed by atoms with Gasteiger partial charge in [0.1, 0.15) is 17.1 Å². The van der Waals surface area contributed by atoms with Crippen LogP contribution < -0.4 is 16.0 Å². The zero-order valence-electron chi connectivity index (χ0n) is 17.7. The lowest BCUT2D eigenvalue weighted by atomic mass is 10.1. The minimum Gasteiger partial charge on any atom is -0.444 e. The number of nitrogens with one attached hydrogen (secondary N) is 3. The van der Waals surface area contributed by atoms with E-state index in [-0.39, 0.29) is 35.6 Å². The zero-order chi connectivity index (χ0) is 23.2. The van der Waals surface area contributed by atoms with Crippen molar-refractivity contribution in [3.63, 3.8) is 0 Å². The van der Waals surface area contributed by atoms with Crippen molar-refractivity contribution in [2.24, 2.45) is 0 Å². The van der Waals surface area contributed by atoms with Crippen molar-refractivity contribution in [3.05, 3.63) is 58.7 Å². The molecule has 0 spiro atoms. The molecule has 0 bridgehead atoms. The molecule has 168 valence electrons. The van der Waals surface area contributed by atoms with Gasteiger partial charge in [-0.1, -0.05) is 12.1 Å². The molecule has 10 heteroatoms. The monoisotopic (exact) mass is 438 g/mol. The molecule has 31 heavy (non-hydrogen) atoms. The average Bonchev–Trinajstić information content (AvgIpc) is 2.64. The topological polar surface area (TPSA) is 92.4 Å². The van der Waals surface area contributed by atoms with Gasteiger partial charge in [0, 0.05) is 18.7 Å². The van der Waals surface area contributed by atoms with Crippen LogP contribution in [-0.2, 0) is 17.8 Å². The molecule has 0 aliphatic rings. The van der Waals surface area contributed by atoms with Gasteiger partial charge in [0.15, 0.2) is 0 Å². The van der Waals surface area contributed by atoms with Gasteiger partial charge in [0.25, 0.3) is 6.43 Å². The molecule has 3 N–H and O–H groups in total. The van der Waals surface area contributed by atoms with Crippen molar-refractivity contribution in [1.82, 2.24) is 15.6 Å². The number of urea groups is 1. The first-order valence-electron chi connectivity index (χ1n) is 9.48. The maximum Gasteiger partial charge on any atom is 0.407 e. The molecule has 1 heterocycles. The van der Waals surface area contributed by atoms with Gasteiger partial charge >= 0.3 is 12.1 Å². The minimum atomic E-state index is -2.70. The lowest BCUT2D eigenvalue weighted by molar-refractivity contribution is 0.0523. The van der Waals surface area contributed by atoms with Crippen molar-refractivity contribution < 1.29 is 27.5 Å². The first-order valence-corrected chi connectivity index (χ1v) is 9.48. The number of alkyl halides is 2. The first kappa shape index (κ1) is 24.0. The molecule has 0 atom stereocenters. The molecular formula is C21H25F3N4O3. The number of alkyl carbamates (subject to hydrolysis) is 1. The fourth-order valence-electron chi connectivity index (χ4n) is 2.57. The molecule has 2 aromatic rings. The van der Waals surface area contributed by atoms with Gasteiger partial charge in [0.05, 0.1) is 11.9 Å². The maximum absolute atomic E-state index is 14.3. The highest BCUT2D eigenvalue weighted by Gasteiger charge is 2.16. The van der Waals surface area contributed by atoms with E-state index in [1.54, 1.807) is 26.8 Å². The molecule has 2 rings (SSSR count). The van der Waals surface area contributed by atoms with Crippen LogP contribution >= 0.6 is 0 Å². The molecule has 0 saturated carbocycles. The number of carbonyl (C=O) groups excluding carboxylic acids is 2. The molecule has 0 aliphatic heterocycles. The fourth-order valence-corrected chi connectivity index (χ4v) is 2.57. The van der Waals surface area contributed by atoms with Gasteiger partial charge in [-0.05, 0) is 51.0 Å². The van der Waals surface area contributed by atoms with E-state index < -0.39 is 30.0 Å². The third kappa shape index (κ3) is 7.80. The number of carbonyl (C=O) groups is 2. The normalized spacial score (nSPS) is 11.2. The van der Waals surface area contributed by atoms with Gasteiger partial charge < -0.3 is 20.7 Å². The Bertz CT molecular complexity index is 946. The Kier molecular flexibility index (Phi) is 7.84. The average molecular weight is 438 g/mol. The predicted molar refractivity (Wildman–Crippen MR) is 109 cm³/mol. The summed E-state index contributed by atoms with van der Waals surface area (Å²) in [7, 11) is 0. The van der Waals surface area contributed by atoms with Gasteiger partial charge in [-0.25, -0.2) is 22.8 Å². The van der Waals surface area contributed by atoms with E-state index in [9.17, 15) is 22.8 Å². The largest absolute Gasteiger partial charge is 0.444 e. The second-order valence-electron chi connectivity index (χ2n) is 7.82. The smallest absolute Gasteiger partial charge is 0.407 e. The number of hydrogen-bond acceptors (Lipinski definition) is 4. The summed E-state index contributed by atoms with van der Waals surface area (Å²) in [6.45, 7) is 6.66. The number of ether oxygens (including phenoxy) is 1.